The molecule has 1 unspecified atom stereocenters. The molecule has 1 atom stereocenters. The summed E-state index contributed by atoms with van der Waals surface area (Å²) in [5.74, 6) is 0. The SMILES string of the molecule is Cl.c1ccc2c(NC3CCNC3)ccnc2c1. The predicted octanol–water partition coefficient (Wildman–Crippen LogP) is 2.43. The molecule has 1 aromatic heterocycles. The minimum Gasteiger partial charge on any atom is -0.380 e. The Bertz CT molecular complexity index is 489. The monoisotopic (exact) mass is 249 g/mol. The highest BCUT2D eigenvalue weighted by atomic mass is 35.5. The molecule has 17 heavy (non-hydrogen) atoms. The van der Waals surface area contributed by atoms with Crippen LogP contribution in [0, 0.1) is 0 Å². The Balaban J connectivity index is 0.00000108. The molecule has 90 valence electrons. The van der Waals surface area contributed by atoms with Crippen molar-refractivity contribution in [2.24, 2.45) is 0 Å². The largest absolute Gasteiger partial charge is 0.380 e. The van der Waals surface area contributed by atoms with Gasteiger partial charge in [0.15, 0.2) is 0 Å². The van der Waals surface area contributed by atoms with E-state index in [1.54, 1.807) is 0 Å². The summed E-state index contributed by atoms with van der Waals surface area (Å²) in [6.45, 7) is 2.16. The number of nitrogens with one attached hydrogen (secondary N) is 2. The molecule has 1 aromatic carbocycles. The molecule has 4 heteroatoms. The van der Waals surface area contributed by atoms with Gasteiger partial charge in [0.1, 0.15) is 0 Å². The van der Waals surface area contributed by atoms with Gasteiger partial charge in [0.2, 0.25) is 0 Å². The summed E-state index contributed by atoms with van der Waals surface area (Å²) in [4.78, 5) is 4.36. The predicted molar refractivity (Wildman–Crippen MR) is 73.9 cm³/mol. The fourth-order valence-corrected chi connectivity index (χ4v) is 2.22. The third kappa shape index (κ3) is 2.51. The van der Waals surface area contributed by atoms with Crippen LogP contribution in [0.4, 0.5) is 5.69 Å². The van der Waals surface area contributed by atoms with Crippen LogP contribution in [0.25, 0.3) is 10.9 Å². The van der Waals surface area contributed by atoms with Gasteiger partial charge in [-0.1, -0.05) is 18.2 Å². The van der Waals surface area contributed by atoms with Crippen LogP contribution < -0.4 is 10.6 Å². The molecule has 1 aliphatic rings. The second-order valence-corrected chi connectivity index (χ2v) is 4.21. The molecule has 2 heterocycles. The van der Waals surface area contributed by atoms with Crippen LogP contribution in [0.2, 0.25) is 0 Å². The van der Waals surface area contributed by atoms with Crippen molar-refractivity contribution >= 4 is 29.0 Å². The topological polar surface area (TPSA) is 37.0 Å². The maximum atomic E-state index is 4.36. The second-order valence-electron chi connectivity index (χ2n) is 4.21. The van der Waals surface area contributed by atoms with Crippen LogP contribution in [-0.4, -0.2) is 24.1 Å². The van der Waals surface area contributed by atoms with Crippen LogP contribution >= 0.6 is 12.4 Å². The summed E-state index contributed by atoms with van der Waals surface area (Å²) in [5.41, 5.74) is 2.25. The standard InChI is InChI=1S/C13H15N3.ClH/c1-2-4-12-11(3-1)13(6-8-15-12)16-10-5-7-14-9-10;/h1-4,6,8,10,14H,5,7,9H2,(H,15,16);1H. The molecular formula is C13H16ClN3. The zero-order valence-corrected chi connectivity index (χ0v) is 10.3. The first-order valence-electron chi connectivity index (χ1n) is 5.74. The fourth-order valence-electron chi connectivity index (χ4n) is 2.22. The maximum absolute atomic E-state index is 4.36. The van der Waals surface area contributed by atoms with E-state index in [1.807, 2.05) is 18.3 Å². The lowest BCUT2D eigenvalue weighted by Gasteiger charge is -2.14. The van der Waals surface area contributed by atoms with E-state index in [9.17, 15) is 0 Å². The number of fused-ring (bicyclic) bond motifs is 1. The van der Waals surface area contributed by atoms with Gasteiger partial charge in [0.05, 0.1) is 5.52 Å². The Labute approximate surface area is 107 Å². The Morgan fingerprint density at radius 2 is 2.12 bits per heavy atom. The third-order valence-corrected chi connectivity index (χ3v) is 3.07. The second kappa shape index (κ2) is 5.34. The van der Waals surface area contributed by atoms with Crippen molar-refractivity contribution in [2.75, 3.05) is 18.4 Å². The van der Waals surface area contributed by atoms with Crippen molar-refractivity contribution in [3.63, 3.8) is 0 Å². The van der Waals surface area contributed by atoms with Crippen molar-refractivity contribution in [1.82, 2.24) is 10.3 Å². The first kappa shape index (κ1) is 12.1. The first-order chi connectivity index (χ1) is 7.93. The quantitative estimate of drug-likeness (QED) is 0.859. The van der Waals surface area contributed by atoms with Gasteiger partial charge in [-0.05, 0) is 25.1 Å². The summed E-state index contributed by atoms with van der Waals surface area (Å²) in [6, 6.07) is 10.9. The fraction of sp³-hybridized carbons (Fsp3) is 0.308. The average Bonchev–Trinajstić information content (AvgIpc) is 2.82. The van der Waals surface area contributed by atoms with E-state index in [0.29, 0.717) is 6.04 Å². The van der Waals surface area contributed by atoms with Gasteiger partial charge in [0, 0.05) is 29.9 Å². The number of anilines is 1. The van der Waals surface area contributed by atoms with Crippen molar-refractivity contribution in [1.29, 1.82) is 0 Å². The maximum Gasteiger partial charge on any atom is 0.0722 e. The Hall–Kier alpha value is -1.32. The summed E-state index contributed by atoms with van der Waals surface area (Å²) >= 11 is 0. The average molecular weight is 250 g/mol. The van der Waals surface area contributed by atoms with Crippen LogP contribution in [0.15, 0.2) is 36.5 Å². The number of hydrogen-bond acceptors (Lipinski definition) is 3. The van der Waals surface area contributed by atoms with E-state index in [0.717, 1.165) is 18.6 Å². The van der Waals surface area contributed by atoms with Crippen molar-refractivity contribution in [3.8, 4) is 0 Å². The van der Waals surface area contributed by atoms with E-state index in [2.05, 4.69) is 33.8 Å². The number of aromatic nitrogens is 1. The molecule has 0 amide bonds. The summed E-state index contributed by atoms with van der Waals surface area (Å²) in [6.07, 6.45) is 3.06. The van der Waals surface area contributed by atoms with Gasteiger partial charge in [-0.3, -0.25) is 4.98 Å². The summed E-state index contributed by atoms with van der Waals surface area (Å²) in [5, 5.41) is 8.15. The molecule has 1 saturated heterocycles. The highest BCUT2D eigenvalue weighted by Gasteiger charge is 2.14. The number of halogens is 1. The minimum absolute atomic E-state index is 0. The Morgan fingerprint density at radius 1 is 1.24 bits per heavy atom. The molecule has 2 aromatic rings. The number of hydrogen-bond donors (Lipinski definition) is 2. The van der Waals surface area contributed by atoms with Crippen molar-refractivity contribution in [2.45, 2.75) is 12.5 Å². The molecule has 0 spiro atoms. The van der Waals surface area contributed by atoms with Gasteiger partial charge in [-0.25, -0.2) is 0 Å². The number of pyridine rings is 1. The molecule has 0 aliphatic carbocycles. The Morgan fingerprint density at radius 3 is 2.94 bits per heavy atom. The summed E-state index contributed by atoms with van der Waals surface area (Å²) < 4.78 is 0. The number of para-hydroxylation sites is 1. The molecule has 3 rings (SSSR count). The van der Waals surface area contributed by atoms with Gasteiger partial charge in [0.25, 0.3) is 0 Å². The highest BCUT2D eigenvalue weighted by molar-refractivity contribution is 5.90. The lowest BCUT2D eigenvalue weighted by Crippen LogP contribution is -2.22. The molecule has 1 fully saturated rings. The van der Waals surface area contributed by atoms with Gasteiger partial charge in [-0.15, -0.1) is 12.4 Å². The molecule has 0 saturated carbocycles. The van der Waals surface area contributed by atoms with Crippen LogP contribution in [0.1, 0.15) is 6.42 Å². The molecule has 0 radical (unpaired) electrons. The third-order valence-electron chi connectivity index (χ3n) is 3.07. The van der Waals surface area contributed by atoms with E-state index in [1.165, 1.54) is 17.5 Å². The van der Waals surface area contributed by atoms with Crippen LogP contribution in [0.3, 0.4) is 0 Å². The van der Waals surface area contributed by atoms with E-state index in [4.69, 9.17) is 0 Å². The molecule has 1 aliphatic heterocycles. The molecule has 0 bridgehead atoms. The van der Waals surface area contributed by atoms with Crippen LogP contribution in [-0.2, 0) is 0 Å². The number of nitrogens with zero attached hydrogens (tertiary/aromatic N) is 1. The van der Waals surface area contributed by atoms with E-state index in [-0.39, 0.29) is 12.4 Å². The van der Waals surface area contributed by atoms with Gasteiger partial charge < -0.3 is 10.6 Å². The van der Waals surface area contributed by atoms with Gasteiger partial charge >= 0.3 is 0 Å². The highest BCUT2D eigenvalue weighted by Crippen LogP contribution is 2.22. The van der Waals surface area contributed by atoms with Gasteiger partial charge in [-0.2, -0.15) is 0 Å². The van der Waals surface area contributed by atoms with Crippen molar-refractivity contribution in [3.05, 3.63) is 36.5 Å². The number of rotatable bonds is 2. The first-order valence-corrected chi connectivity index (χ1v) is 5.74. The minimum atomic E-state index is 0. The zero-order chi connectivity index (χ0) is 10.8. The Kier molecular flexibility index (Phi) is 3.82. The molecule has 2 N–H and O–H groups in total. The van der Waals surface area contributed by atoms with Crippen molar-refractivity contribution < 1.29 is 0 Å². The lowest BCUT2D eigenvalue weighted by atomic mass is 10.1. The molecule has 3 nitrogen and oxygen atoms in total. The summed E-state index contributed by atoms with van der Waals surface area (Å²) in [7, 11) is 0. The van der Waals surface area contributed by atoms with Crippen LogP contribution in [0.5, 0.6) is 0 Å². The number of benzene rings is 1. The van der Waals surface area contributed by atoms with E-state index >= 15 is 0 Å². The normalized spacial score (nSPS) is 18.9. The molecular weight excluding hydrogens is 234 g/mol. The zero-order valence-electron chi connectivity index (χ0n) is 9.52. The smallest absolute Gasteiger partial charge is 0.0722 e. The van der Waals surface area contributed by atoms with E-state index < -0.39 is 0 Å². The lowest BCUT2D eigenvalue weighted by molar-refractivity contribution is 0.794.